The summed E-state index contributed by atoms with van der Waals surface area (Å²) in [7, 11) is -4.18. The van der Waals surface area contributed by atoms with Crippen LogP contribution in [0.15, 0.2) is 53.4 Å². The molecule has 2 aromatic rings. The second-order valence-corrected chi connectivity index (χ2v) is 16.4. The van der Waals surface area contributed by atoms with Gasteiger partial charge in [0.15, 0.2) is 17.8 Å². The first-order valence-electron chi connectivity index (χ1n) is 17.7. The minimum Gasteiger partial charge on any atom is -0.454 e. The van der Waals surface area contributed by atoms with Crippen molar-refractivity contribution >= 4 is 22.2 Å². The van der Waals surface area contributed by atoms with Gasteiger partial charge in [-0.15, -0.1) is 0 Å². The first kappa shape index (κ1) is 37.1. The first-order valence-corrected chi connectivity index (χ1v) is 19.2. The maximum atomic E-state index is 14.3. The third-order valence-electron chi connectivity index (χ3n) is 9.67. The number of alkyl carbamates (subject to hydrolysis) is 2. The quantitative estimate of drug-likeness (QED) is 0.201. The minimum atomic E-state index is -4.18. The fourth-order valence-electron chi connectivity index (χ4n) is 6.65. The fourth-order valence-corrected chi connectivity index (χ4v) is 8.32. The summed E-state index contributed by atoms with van der Waals surface area (Å²) < 4.78 is 63.0. The predicted molar refractivity (Wildman–Crippen MR) is 184 cm³/mol. The Morgan fingerprint density at radius 1 is 1.02 bits per heavy atom. The number of rotatable bonds is 17. The maximum absolute atomic E-state index is 14.3. The summed E-state index contributed by atoms with van der Waals surface area (Å²) in [6, 6.07) is 13.1. The number of nitrogens with one attached hydrogen (secondary N) is 2. The van der Waals surface area contributed by atoms with Gasteiger partial charge in [0.05, 0.1) is 42.8 Å². The molecule has 51 heavy (non-hydrogen) atoms. The Labute approximate surface area is 299 Å². The Morgan fingerprint density at radius 3 is 2.59 bits per heavy atom. The van der Waals surface area contributed by atoms with Gasteiger partial charge in [-0.2, -0.15) is 4.31 Å². The van der Waals surface area contributed by atoms with E-state index >= 15 is 0 Å². The van der Waals surface area contributed by atoms with Gasteiger partial charge in [-0.3, -0.25) is 0 Å². The van der Waals surface area contributed by atoms with Crippen molar-refractivity contribution in [3.63, 3.8) is 0 Å². The van der Waals surface area contributed by atoms with Crippen molar-refractivity contribution in [3.8, 4) is 11.5 Å². The SMILES string of the molecule is CC(C)(CCCCOC(=O)NC1CC1)CN(C[C@@H](O)[C@H](Cc1ccccc1)NC(=O)O[C@H]1CO[C@H]2OCC[C@H]21)S(=O)(=O)c1ccc2c(c1)OCO2. The molecule has 0 bridgehead atoms. The van der Waals surface area contributed by atoms with Gasteiger partial charge in [0.1, 0.15) is 6.10 Å². The number of carbonyl (C=O) groups is 2. The van der Waals surface area contributed by atoms with Gasteiger partial charge in [0.25, 0.3) is 0 Å². The number of ether oxygens (including phenoxy) is 6. The van der Waals surface area contributed by atoms with E-state index in [1.54, 1.807) is 6.07 Å². The molecule has 1 aliphatic carbocycles. The number of unbranched alkanes of at least 4 members (excludes halogenated alkanes) is 1. The highest BCUT2D eigenvalue weighted by Gasteiger charge is 2.44. The van der Waals surface area contributed by atoms with Crippen LogP contribution in [0.2, 0.25) is 0 Å². The van der Waals surface area contributed by atoms with Crippen LogP contribution >= 0.6 is 0 Å². The normalized spacial score (nSPS) is 22.3. The molecule has 0 unspecified atom stereocenters. The molecule has 2 saturated heterocycles. The standard InChI is InChI=1S/C36H49N3O11S/c1-36(2,15-6-7-16-46-34(41)37-25-10-11-25)22-39(51(43,44)26-12-13-30-31(19-26)49-23-48-30)20-29(40)28(18-24-8-4-3-5-9-24)38-35(42)50-32-21-47-33-27(32)14-17-45-33/h3-5,8-9,12-13,19,25,27-29,32-33,40H,6-7,10-11,14-18,20-23H2,1-2H3,(H,37,41)(H,38,42)/t27-,28-,29+,32-,33+/m0/s1. The van der Waals surface area contributed by atoms with E-state index in [9.17, 15) is 23.1 Å². The molecule has 0 spiro atoms. The fraction of sp³-hybridized carbons (Fsp3) is 0.611. The smallest absolute Gasteiger partial charge is 0.407 e. The number of aliphatic hydroxyl groups is 1. The highest BCUT2D eigenvalue weighted by Crippen LogP contribution is 2.36. The zero-order chi connectivity index (χ0) is 36.0. The van der Waals surface area contributed by atoms with E-state index in [-0.39, 0.29) is 56.4 Å². The van der Waals surface area contributed by atoms with Gasteiger partial charge < -0.3 is 44.2 Å². The number of sulfonamides is 1. The molecule has 3 heterocycles. The highest BCUT2D eigenvalue weighted by molar-refractivity contribution is 7.89. The molecule has 2 aromatic carbocycles. The van der Waals surface area contributed by atoms with Crippen LogP contribution in [-0.2, 0) is 35.4 Å². The van der Waals surface area contributed by atoms with E-state index in [2.05, 4.69) is 10.6 Å². The molecule has 15 heteroatoms. The average molecular weight is 732 g/mol. The van der Waals surface area contributed by atoms with Crippen molar-refractivity contribution in [3.05, 3.63) is 54.1 Å². The van der Waals surface area contributed by atoms with Crippen molar-refractivity contribution in [2.75, 3.05) is 39.7 Å². The van der Waals surface area contributed by atoms with Crippen molar-refractivity contribution in [1.29, 1.82) is 0 Å². The van der Waals surface area contributed by atoms with Crippen LogP contribution in [0.25, 0.3) is 0 Å². The van der Waals surface area contributed by atoms with Crippen LogP contribution in [-0.4, -0.2) is 100 Å². The van der Waals surface area contributed by atoms with Crippen LogP contribution in [0.3, 0.4) is 0 Å². The predicted octanol–water partition coefficient (Wildman–Crippen LogP) is 3.95. The van der Waals surface area contributed by atoms with E-state index in [0.717, 1.165) is 18.4 Å². The number of nitrogens with zero attached hydrogens (tertiary/aromatic N) is 1. The highest BCUT2D eigenvalue weighted by atomic mass is 32.2. The van der Waals surface area contributed by atoms with Crippen LogP contribution in [0, 0.1) is 11.3 Å². The number of hydrogen-bond acceptors (Lipinski definition) is 11. The molecular formula is C36H49N3O11S. The van der Waals surface area contributed by atoms with E-state index in [1.807, 2.05) is 44.2 Å². The molecular weight excluding hydrogens is 682 g/mol. The topological polar surface area (TPSA) is 171 Å². The zero-order valence-corrected chi connectivity index (χ0v) is 30.0. The van der Waals surface area contributed by atoms with Crippen molar-refractivity contribution in [2.45, 2.75) is 94.3 Å². The van der Waals surface area contributed by atoms with E-state index in [1.165, 1.54) is 16.4 Å². The van der Waals surface area contributed by atoms with E-state index in [0.29, 0.717) is 43.8 Å². The van der Waals surface area contributed by atoms with Crippen LogP contribution in [0.5, 0.6) is 11.5 Å². The molecule has 280 valence electrons. The Kier molecular flexibility index (Phi) is 11.9. The molecule has 0 radical (unpaired) electrons. The Bertz CT molecular complexity index is 1600. The molecule has 5 atom stereocenters. The second kappa shape index (κ2) is 16.4. The van der Waals surface area contributed by atoms with E-state index < -0.39 is 52.2 Å². The van der Waals surface area contributed by atoms with Gasteiger partial charge in [-0.25, -0.2) is 18.0 Å². The third-order valence-corrected chi connectivity index (χ3v) is 11.5. The third kappa shape index (κ3) is 10.0. The minimum absolute atomic E-state index is 0.00799. The number of fused-ring (bicyclic) bond motifs is 2. The second-order valence-electron chi connectivity index (χ2n) is 14.5. The number of hydrogen-bond donors (Lipinski definition) is 3. The van der Waals surface area contributed by atoms with Crippen LogP contribution < -0.4 is 20.1 Å². The Hall–Kier alpha value is -3.63. The van der Waals surface area contributed by atoms with Crippen LogP contribution in [0.4, 0.5) is 9.59 Å². The maximum Gasteiger partial charge on any atom is 0.407 e. The summed E-state index contributed by atoms with van der Waals surface area (Å²) in [6.07, 6.45) is 1.46. The molecule has 3 N–H and O–H groups in total. The molecule has 0 aromatic heterocycles. The summed E-state index contributed by atoms with van der Waals surface area (Å²) in [5.41, 5.74) is 0.303. The lowest BCUT2D eigenvalue weighted by atomic mass is 9.87. The molecule has 2 amide bonds. The molecule has 4 aliphatic rings. The van der Waals surface area contributed by atoms with Crippen molar-refractivity contribution in [2.24, 2.45) is 11.3 Å². The van der Waals surface area contributed by atoms with Crippen molar-refractivity contribution < 1.29 is 51.5 Å². The largest absolute Gasteiger partial charge is 0.454 e. The summed E-state index contributed by atoms with van der Waals surface area (Å²) in [4.78, 5) is 25.2. The lowest BCUT2D eigenvalue weighted by Crippen LogP contribution is -2.52. The molecule has 14 nitrogen and oxygen atoms in total. The molecule has 3 aliphatic heterocycles. The van der Waals surface area contributed by atoms with Gasteiger partial charge >= 0.3 is 12.2 Å². The van der Waals surface area contributed by atoms with Crippen LogP contribution in [0.1, 0.15) is 57.9 Å². The average Bonchev–Trinajstić information content (AvgIpc) is 3.43. The number of carbonyl (C=O) groups excluding carboxylic acids is 2. The number of benzene rings is 2. The van der Waals surface area contributed by atoms with Gasteiger partial charge in [0.2, 0.25) is 16.8 Å². The summed E-state index contributed by atoms with van der Waals surface area (Å²) in [5, 5.41) is 17.4. The lowest BCUT2D eigenvalue weighted by Gasteiger charge is -2.35. The van der Waals surface area contributed by atoms with Gasteiger partial charge in [0, 0.05) is 25.2 Å². The monoisotopic (exact) mass is 731 g/mol. The molecule has 3 fully saturated rings. The lowest BCUT2D eigenvalue weighted by molar-refractivity contribution is -0.0907. The number of aliphatic hydroxyl groups excluding tert-OH is 1. The Morgan fingerprint density at radius 2 is 1.80 bits per heavy atom. The zero-order valence-electron chi connectivity index (χ0n) is 29.2. The first-order chi connectivity index (χ1) is 24.5. The van der Waals surface area contributed by atoms with Gasteiger partial charge in [-0.05, 0) is 68.1 Å². The van der Waals surface area contributed by atoms with Gasteiger partial charge in [-0.1, -0.05) is 44.2 Å². The summed E-state index contributed by atoms with van der Waals surface area (Å²) in [5.74, 6) is 0.700. The summed E-state index contributed by atoms with van der Waals surface area (Å²) in [6.45, 7) is 4.67. The summed E-state index contributed by atoms with van der Waals surface area (Å²) >= 11 is 0. The molecule has 6 rings (SSSR count). The van der Waals surface area contributed by atoms with E-state index in [4.69, 9.17) is 28.4 Å². The molecule has 1 saturated carbocycles. The Balaban J connectivity index is 1.16. The number of amides is 2. The van der Waals surface area contributed by atoms with Crippen molar-refractivity contribution in [1.82, 2.24) is 14.9 Å².